The molecule has 3 nitrogen and oxygen atoms in total. The maximum atomic E-state index is 12.0. The lowest BCUT2D eigenvalue weighted by atomic mass is 10.1. The van der Waals surface area contributed by atoms with E-state index in [0.717, 1.165) is 15.8 Å². The van der Waals surface area contributed by atoms with Gasteiger partial charge in [0.1, 0.15) is 11.2 Å². The molecule has 0 aliphatic heterocycles. The molecule has 0 saturated heterocycles. The number of hydrogen-bond donors (Lipinski definition) is 0. The minimum absolute atomic E-state index is 0.355. The highest BCUT2D eigenvalue weighted by Gasteiger charge is 2.28. The highest BCUT2D eigenvalue weighted by molar-refractivity contribution is 7.20. The summed E-state index contributed by atoms with van der Waals surface area (Å²) in [5.74, 6) is -0.355. The Labute approximate surface area is 120 Å². The first kappa shape index (κ1) is 12.7. The quantitative estimate of drug-likeness (QED) is 0.526. The number of para-hydroxylation sites is 1. The molecular formula is C16H12NO2S+. The molecular weight excluding hydrogens is 270 g/mol. The number of rotatable bonds is 2. The lowest BCUT2D eigenvalue weighted by molar-refractivity contribution is 0.0606. The molecule has 0 saturated carbocycles. The number of hydrogen-bond acceptors (Lipinski definition) is 3. The zero-order valence-corrected chi connectivity index (χ0v) is 11.7. The summed E-state index contributed by atoms with van der Waals surface area (Å²) >= 11 is 1.40. The van der Waals surface area contributed by atoms with Gasteiger partial charge in [-0.3, -0.25) is 0 Å². The molecule has 0 N–H and O–H groups in total. The fourth-order valence-corrected chi connectivity index (χ4v) is 3.00. The number of esters is 1. The Hall–Kier alpha value is -2.33. The minimum Gasteiger partial charge on any atom is -0.462 e. The monoisotopic (exact) mass is 282 g/mol. The average Bonchev–Trinajstić information content (AvgIpc) is 2.53. The Morgan fingerprint density at radius 3 is 2.50 bits per heavy atom. The molecule has 98 valence electrons. The molecule has 3 rings (SSSR count). The smallest absolute Gasteiger partial charge is 0.399 e. The Bertz CT molecular complexity index is 772. The molecule has 20 heavy (non-hydrogen) atoms. The molecule has 0 unspecified atom stereocenters. The summed E-state index contributed by atoms with van der Waals surface area (Å²) in [7, 11) is 1.39. The van der Waals surface area contributed by atoms with Gasteiger partial charge in [0.05, 0.1) is 7.11 Å². The van der Waals surface area contributed by atoms with Crippen LogP contribution >= 0.6 is 11.3 Å². The van der Waals surface area contributed by atoms with Crippen molar-refractivity contribution in [2.45, 2.75) is 0 Å². The normalized spacial score (nSPS) is 10.4. The van der Waals surface area contributed by atoms with Crippen molar-refractivity contribution in [1.29, 1.82) is 0 Å². The maximum Gasteiger partial charge on any atom is 0.399 e. The number of fused-ring (bicyclic) bond motifs is 1. The first-order valence-corrected chi connectivity index (χ1v) is 6.98. The van der Waals surface area contributed by atoms with Gasteiger partial charge in [-0.15, -0.1) is 0 Å². The van der Waals surface area contributed by atoms with Gasteiger partial charge in [-0.1, -0.05) is 42.5 Å². The fourth-order valence-electron chi connectivity index (χ4n) is 1.99. The summed E-state index contributed by atoms with van der Waals surface area (Å²) in [6, 6.07) is 17.4. The zero-order valence-electron chi connectivity index (χ0n) is 10.9. The molecule has 1 aromatic heterocycles. The van der Waals surface area contributed by atoms with Crippen LogP contribution < -0.4 is 0 Å². The van der Waals surface area contributed by atoms with Gasteiger partial charge in [-0.05, 0) is 6.07 Å². The standard InChI is InChI=1S/C16H12NO2S/c1-19-16(18)15-14(11-7-3-2-4-8-11)17-12-9-5-6-10-13(12)20-15/h2-10H,1H3/q+1. The van der Waals surface area contributed by atoms with E-state index in [1.807, 2.05) is 54.6 Å². The number of carbonyl (C=O) groups is 1. The van der Waals surface area contributed by atoms with Crippen LogP contribution in [-0.4, -0.2) is 18.1 Å². The van der Waals surface area contributed by atoms with Crippen LogP contribution in [0.5, 0.6) is 0 Å². The number of ether oxygens (including phenoxy) is 1. The van der Waals surface area contributed by atoms with E-state index >= 15 is 0 Å². The molecule has 1 heterocycles. The second kappa shape index (κ2) is 5.35. The van der Waals surface area contributed by atoms with E-state index in [-0.39, 0.29) is 5.97 Å². The Morgan fingerprint density at radius 1 is 1.05 bits per heavy atom. The van der Waals surface area contributed by atoms with Crippen molar-refractivity contribution in [2.24, 2.45) is 0 Å². The van der Waals surface area contributed by atoms with Crippen LogP contribution in [0, 0.1) is 0 Å². The van der Waals surface area contributed by atoms with Gasteiger partial charge < -0.3 is 4.74 Å². The van der Waals surface area contributed by atoms with Crippen LogP contribution in [0.2, 0.25) is 0 Å². The van der Waals surface area contributed by atoms with Crippen molar-refractivity contribution in [3.63, 3.8) is 0 Å². The van der Waals surface area contributed by atoms with E-state index in [2.05, 4.69) is 4.98 Å². The van der Waals surface area contributed by atoms with Crippen molar-refractivity contribution in [2.75, 3.05) is 7.11 Å². The van der Waals surface area contributed by atoms with E-state index < -0.39 is 0 Å². The van der Waals surface area contributed by atoms with Gasteiger partial charge in [0.2, 0.25) is 11.3 Å². The maximum absolute atomic E-state index is 12.0. The van der Waals surface area contributed by atoms with Crippen LogP contribution in [0.25, 0.3) is 21.5 Å². The minimum atomic E-state index is -0.355. The molecule has 0 radical (unpaired) electrons. The molecule has 3 aromatic rings. The largest absolute Gasteiger partial charge is 0.462 e. The predicted octanol–water partition coefficient (Wildman–Crippen LogP) is 4.03. The molecule has 2 aromatic carbocycles. The number of nitrogens with zero attached hydrogens (tertiary/aromatic N) is 1. The highest BCUT2D eigenvalue weighted by Crippen LogP contribution is 2.30. The third-order valence-electron chi connectivity index (χ3n) is 2.94. The van der Waals surface area contributed by atoms with Crippen molar-refractivity contribution < 1.29 is 9.53 Å². The number of methoxy groups -OCH3 is 1. The predicted molar refractivity (Wildman–Crippen MR) is 80.8 cm³/mol. The van der Waals surface area contributed by atoms with Gasteiger partial charge in [0.25, 0.3) is 4.70 Å². The zero-order chi connectivity index (χ0) is 13.9. The van der Waals surface area contributed by atoms with E-state index in [9.17, 15) is 4.79 Å². The summed E-state index contributed by atoms with van der Waals surface area (Å²) in [5.41, 5.74) is 2.46. The topological polar surface area (TPSA) is 39.2 Å². The molecule has 0 fully saturated rings. The van der Waals surface area contributed by atoms with Crippen molar-refractivity contribution in [3.8, 4) is 11.3 Å². The van der Waals surface area contributed by atoms with Crippen LogP contribution in [0.4, 0.5) is 0 Å². The molecule has 0 bridgehead atoms. The number of carbonyl (C=O) groups excluding carboxylic acids is 1. The van der Waals surface area contributed by atoms with Gasteiger partial charge >= 0.3 is 10.8 Å². The van der Waals surface area contributed by atoms with Crippen LogP contribution in [0.3, 0.4) is 0 Å². The lowest BCUT2D eigenvalue weighted by Crippen LogP contribution is -2.03. The van der Waals surface area contributed by atoms with E-state index in [1.165, 1.54) is 18.4 Å². The fraction of sp³-hybridized carbons (Fsp3) is 0.0625. The van der Waals surface area contributed by atoms with Crippen molar-refractivity contribution in [3.05, 3.63) is 59.5 Å². The Morgan fingerprint density at radius 2 is 1.75 bits per heavy atom. The SMILES string of the molecule is COC(=O)c1[s+]c2ccccc2nc1-c1ccccc1. The molecule has 4 heteroatoms. The van der Waals surface area contributed by atoms with Gasteiger partial charge in [0, 0.05) is 11.6 Å². The molecule has 0 aliphatic carbocycles. The number of benzene rings is 2. The Kier molecular flexibility index (Phi) is 3.39. The molecule has 0 aliphatic rings. The van der Waals surface area contributed by atoms with Gasteiger partial charge in [-0.25, -0.2) is 9.78 Å². The second-order valence-corrected chi connectivity index (χ2v) is 5.27. The number of aromatic nitrogens is 1. The summed E-state index contributed by atoms with van der Waals surface area (Å²) in [5, 5.41) is 0. The third kappa shape index (κ3) is 2.26. The van der Waals surface area contributed by atoms with Crippen LogP contribution in [-0.2, 0) is 4.74 Å². The average molecular weight is 282 g/mol. The van der Waals surface area contributed by atoms with E-state index in [0.29, 0.717) is 10.6 Å². The second-order valence-electron chi connectivity index (χ2n) is 4.22. The summed E-state index contributed by atoms with van der Waals surface area (Å²) in [6.45, 7) is 0. The Balaban J connectivity index is 2.30. The molecule has 0 atom stereocenters. The van der Waals surface area contributed by atoms with Crippen molar-refractivity contribution >= 4 is 27.5 Å². The van der Waals surface area contributed by atoms with Crippen LogP contribution in [0.15, 0.2) is 54.6 Å². The van der Waals surface area contributed by atoms with E-state index in [1.54, 1.807) is 0 Å². The van der Waals surface area contributed by atoms with E-state index in [4.69, 9.17) is 4.74 Å². The highest BCUT2D eigenvalue weighted by atomic mass is 32.1. The van der Waals surface area contributed by atoms with Crippen LogP contribution in [0.1, 0.15) is 9.67 Å². The van der Waals surface area contributed by atoms with Crippen molar-refractivity contribution in [1.82, 2.24) is 4.98 Å². The summed E-state index contributed by atoms with van der Waals surface area (Å²) in [6.07, 6.45) is 0. The molecule has 0 spiro atoms. The van der Waals surface area contributed by atoms with Gasteiger partial charge in [0.15, 0.2) is 0 Å². The summed E-state index contributed by atoms with van der Waals surface area (Å²) < 4.78 is 5.84. The first-order valence-electron chi connectivity index (χ1n) is 6.16. The van der Waals surface area contributed by atoms with Gasteiger partial charge in [-0.2, -0.15) is 0 Å². The first-order chi connectivity index (χ1) is 9.79. The summed E-state index contributed by atoms with van der Waals surface area (Å²) in [4.78, 5) is 17.1. The molecule has 0 amide bonds. The lowest BCUT2D eigenvalue weighted by Gasteiger charge is -2.01. The third-order valence-corrected chi connectivity index (χ3v) is 4.07.